The van der Waals surface area contributed by atoms with Crippen molar-refractivity contribution in [3.8, 4) is 11.1 Å². The van der Waals surface area contributed by atoms with E-state index in [4.69, 9.17) is 0 Å². The molecule has 8 aromatic carbocycles. The lowest BCUT2D eigenvalue weighted by molar-refractivity contribution is 0.944. The summed E-state index contributed by atoms with van der Waals surface area (Å²) in [6.07, 6.45) is 2.05. The second-order valence-electron chi connectivity index (χ2n) is 13.9. The normalized spacial score (nSPS) is 12.5. The fraction of sp³-hybridized carbons (Fsp3) is 0.0400. The first kappa shape index (κ1) is 32.1. The summed E-state index contributed by atoms with van der Waals surface area (Å²) in [5, 5.41) is 11.4. The fourth-order valence-electron chi connectivity index (χ4n) is 8.99. The van der Waals surface area contributed by atoms with Gasteiger partial charge in [0.25, 0.3) is 0 Å². The van der Waals surface area contributed by atoms with E-state index in [1.807, 2.05) is 0 Å². The van der Waals surface area contributed by atoms with Crippen molar-refractivity contribution in [2.45, 2.75) is 12.8 Å². The zero-order valence-electron chi connectivity index (χ0n) is 29.2. The SMILES string of the molecule is c1ccc([Si](c2ccccc2)(c2ccccc2)c2ccc3c(c2)CCc2cc([Si](c4ccccc4)(c4ccccc4)c4ccccc4)ccc2-3)cc1. The molecule has 2 heteroatoms. The highest BCUT2D eigenvalue weighted by Crippen LogP contribution is 2.33. The van der Waals surface area contributed by atoms with Crippen LogP contribution in [0.25, 0.3) is 11.1 Å². The van der Waals surface area contributed by atoms with Gasteiger partial charge in [-0.2, -0.15) is 0 Å². The van der Waals surface area contributed by atoms with Crippen molar-refractivity contribution in [1.82, 2.24) is 0 Å². The average molecular weight is 697 g/mol. The van der Waals surface area contributed by atoms with E-state index in [0.717, 1.165) is 12.8 Å². The summed E-state index contributed by atoms with van der Waals surface area (Å²) in [5.41, 5.74) is 5.66. The Balaban J connectivity index is 1.23. The Morgan fingerprint density at radius 3 is 0.692 bits per heavy atom. The molecule has 0 N–H and O–H groups in total. The number of benzene rings is 8. The molecule has 0 fully saturated rings. The van der Waals surface area contributed by atoms with Gasteiger partial charge in [-0.1, -0.05) is 218 Å². The Morgan fingerprint density at radius 1 is 0.231 bits per heavy atom. The van der Waals surface area contributed by atoms with Crippen LogP contribution >= 0.6 is 0 Å². The molecule has 9 rings (SSSR count). The number of rotatable bonds is 8. The summed E-state index contributed by atoms with van der Waals surface area (Å²) in [7, 11) is -5.18. The van der Waals surface area contributed by atoms with Crippen molar-refractivity contribution in [2.75, 3.05) is 0 Å². The molecule has 1 aliphatic rings. The summed E-state index contributed by atoms with van der Waals surface area (Å²) >= 11 is 0. The number of hydrogen-bond donors (Lipinski definition) is 0. The Labute approximate surface area is 309 Å². The van der Waals surface area contributed by atoms with Gasteiger partial charge in [0.1, 0.15) is 0 Å². The molecule has 0 aliphatic heterocycles. The molecule has 248 valence electrons. The van der Waals surface area contributed by atoms with E-state index >= 15 is 0 Å². The summed E-state index contributed by atoms with van der Waals surface area (Å²) in [6.45, 7) is 0. The molecule has 0 radical (unpaired) electrons. The Morgan fingerprint density at radius 2 is 0.462 bits per heavy atom. The maximum Gasteiger partial charge on any atom is 0.179 e. The van der Waals surface area contributed by atoms with Crippen LogP contribution in [0.15, 0.2) is 218 Å². The average Bonchev–Trinajstić information content (AvgIpc) is 3.24. The highest BCUT2D eigenvalue weighted by molar-refractivity contribution is 7.20. The van der Waals surface area contributed by atoms with Crippen molar-refractivity contribution in [3.63, 3.8) is 0 Å². The van der Waals surface area contributed by atoms with Gasteiger partial charge < -0.3 is 0 Å². The molecule has 0 saturated carbocycles. The second-order valence-corrected chi connectivity index (χ2v) is 21.6. The third kappa shape index (κ3) is 5.26. The first-order chi connectivity index (χ1) is 25.8. The van der Waals surface area contributed by atoms with E-state index in [0.29, 0.717) is 0 Å². The molecule has 0 nitrogen and oxygen atoms in total. The predicted octanol–water partition coefficient (Wildman–Crippen LogP) is 6.21. The van der Waals surface area contributed by atoms with Gasteiger partial charge in [-0.05, 0) is 76.6 Å². The van der Waals surface area contributed by atoms with Crippen LogP contribution in [0, 0.1) is 0 Å². The van der Waals surface area contributed by atoms with Crippen LogP contribution in [0.3, 0.4) is 0 Å². The van der Waals surface area contributed by atoms with Gasteiger partial charge in [-0.25, -0.2) is 0 Å². The second kappa shape index (κ2) is 13.7. The van der Waals surface area contributed by atoms with Crippen LogP contribution in [-0.2, 0) is 12.8 Å². The number of aryl methyl sites for hydroxylation is 2. The van der Waals surface area contributed by atoms with E-state index in [-0.39, 0.29) is 0 Å². The molecule has 0 saturated heterocycles. The van der Waals surface area contributed by atoms with E-state index in [2.05, 4.69) is 218 Å². The van der Waals surface area contributed by atoms with Gasteiger partial charge in [0.2, 0.25) is 0 Å². The van der Waals surface area contributed by atoms with Gasteiger partial charge in [-0.3, -0.25) is 0 Å². The zero-order valence-corrected chi connectivity index (χ0v) is 31.2. The molecule has 0 bridgehead atoms. The van der Waals surface area contributed by atoms with Gasteiger partial charge in [0.05, 0.1) is 0 Å². The predicted molar refractivity (Wildman–Crippen MR) is 227 cm³/mol. The van der Waals surface area contributed by atoms with Gasteiger partial charge in [0.15, 0.2) is 16.1 Å². The van der Waals surface area contributed by atoms with Gasteiger partial charge >= 0.3 is 0 Å². The highest BCUT2D eigenvalue weighted by atomic mass is 28.3. The van der Waals surface area contributed by atoms with Crippen molar-refractivity contribution in [3.05, 3.63) is 230 Å². The molecule has 1 aliphatic carbocycles. The number of hydrogen-bond acceptors (Lipinski definition) is 0. The summed E-state index contributed by atoms with van der Waals surface area (Å²) in [5.74, 6) is 0. The van der Waals surface area contributed by atoms with Crippen molar-refractivity contribution in [1.29, 1.82) is 0 Å². The molecule has 0 spiro atoms. The van der Waals surface area contributed by atoms with Crippen molar-refractivity contribution in [2.24, 2.45) is 0 Å². The minimum absolute atomic E-state index is 1.03. The minimum Gasteiger partial charge on any atom is -0.0623 e. The smallest absolute Gasteiger partial charge is 0.0623 e. The van der Waals surface area contributed by atoms with Gasteiger partial charge in [-0.15, -0.1) is 0 Å². The molecule has 0 heterocycles. The van der Waals surface area contributed by atoms with Crippen LogP contribution in [-0.4, -0.2) is 16.1 Å². The summed E-state index contributed by atoms with van der Waals surface area (Å²) in [4.78, 5) is 0. The molecular formula is C50H40Si2. The van der Waals surface area contributed by atoms with Crippen molar-refractivity contribution >= 4 is 57.6 Å². The lowest BCUT2D eigenvalue weighted by Gasteiger charge is -2.36. The highest BCUT2D eigenvalue weighted by Gasteiger charge is 2.43. The minimum atomic E-state index is -2.59. The van der Waals surface area contributed by atoms with Crippen LogP contribution < -0.4 is 41.5 Å². The monoisotopic (exact) mass is 696 g/mol. The van der Waals surface area contributed by atoms with Crippen LogP contribution in [0.4, 0.5) is 0 Å². The summed E-state index contributed by atoms with van der Waals surface area (Å²) < 4.78 is 0. The molecule has 52 heavy (non-hydrogen) atoms. The van der Waals surface area contributed by atoms with Crippen molar-refractivity contribution < 1.29 is 0 Å². The van der Waals surface area contributed by atoms with Crippen LogP contribution in [0.2, 0.25) is 0 Å². The first-order valence-electron chi connectivity index (χ1n) is 18.4. The first-order valence-corrected chi connectivity index (χ1v) is 22.4. The standard InChI is InChI=1S/C50H40Si2/c1-7-19-41(20-8-1)51(42-21-9-2-10-22-42,43-23-11-3-12-24-43)47-33-35-49-39(37-47)31-32-40-38-48(34-36-50(40)49)52(44-25-13-4-14-26-44,45-27-15-5-16-28-45)46-29-17-6-18-30-46/h1-30,33-38H,31-32H2. The molecule has 0 aromatic heterocycles. The van der Waals surface area contributed by atoms with E-state index in [9.17, 15) is 0 Å². The lowest BCUT2D eigenvalue weighted by atomic mass is 9.86. The molecule has 0 amide bonds. The Bertz CT molecular complexity index is 2060. The maximum absolute atomic E-state index is 2.59. The van der Waals surface area contributed by atoms with E-state index in [1.165, 1.54) is 63.7 Å². The fourth-order valence-corrected chi connectivity index (χ4v) is 18.6. The Hall–Kier alpha value is -5.81. The quantitative estimate of drug-likeness (QED) is 0.131. The molecule has 0 atom stereocenters. The molecule has 8 aromatic rings. The molecular weight excluding hydrogens is 657 g/mol. The Kier molecular flexibility index (Phi) is 8.48. The number of fused-ring (bicyclic) bond motifs is 3. The van der Waals surface area contributed by atoms with E-state index in [1.54, 1.807) is 0 Å². The van der Waals surface area contributed by atoms with Crippen LogP contribution in [0.5, 0.6) is 0 Å². The third-order valence-electron chi connectivity index (χ3n) is 11.3. The zero-order chi connectivity index (χ0) is 34.8. The van der Waals surface area contributed by atoms with Crippen LogP contribution in [0.1, 0.15) is 11.1 Å². The lowest BCUT2D eigenvalue weighted by Crippen LogP contribution is -2.74. The third-order valence-corrected chi connectivity index (χ3v) is 20.8. The van der Waals surface area contributed by atoms with E-state index < -0.39 is 16.1 Å². The maximum atomic E-state index is 2.57. The largest absolute Gasteiger partial charge is 0.179 e. The topological polar surface area (TPSA) is 0 Å². The molecule has 0 unspecified atom stereocenters. The summed E-state index contributed by atoms with van der Waals surface area (Å²) in [6, 6.07) is 82.5. The van der Waals surface area contributed by atoms with Gasteiger partial charge in [0, 0.05) is 0 Å².